The van der Waals surface area contributed by atoms with Crippen molar-refractivity contribution in [3.05, 3.63) is 35.6 Å². The highest BCUT2D eigenvalue weighted by Crippen LogP contribution is 2.24. The Morgan fingerprint density at radius 1 is 1.29 bits per heavy atom. The summed E-state index contributed by atoms with van der Waals surface area (Å²) < 4.78 is 5.91. The number of hydrogen-bond acceptors (Lipinski definition) is 1. The third kappa shape index (κ3) is 3.12. The van der Waals surface area contributed by atoms with Crippen molar-refractivity contribution in [2.24, 2.45) is 0 Å². The van der Waals surface area contributed by atoms with Crippen molar-refractivity contribution in [3.63, 3.8) is 0 Å². The zero-order chi connectivity index (χ0) is 12.3. The minimum absolute atomic E-state index is 0.613. The lowest BCUT2D eigenvalue weighted by atomic mass is 10.1. The molecule has 1 nitrogen and oxygen atoms in total. The topological polar surface area (TPSA) is 13.1 Å². The summed E-state index contributed by atoms with van der Waals surface area (Å²) in [5, 5.41) is 1.22. The van der Waals surface area contributed by atoms with Crippen LogP contribution < -0.4 is 0 Å². The number of halogens is 1. The number of benzene rings is 1. The first-order chi connectivity index (χ1) is 8.20. The van der Waals surface area contributed by atoms with Crippen molar-refractivity contribution in [1.82, 2.24) is 0 Å². The second kappa shape index (κ2) is 5.72. The fourth-order valence-electron chi connectivity index (χ4n) is 2.14. The van der Waals surface area contributed by atoms with Gasteiger partial charge in [-0.2, -0.15) is 0 Å². The highest BCUT2D eigenvalue weighted by Gasteiger charge is 2.08. The van der Waals surface area contributed by atoms with Gasteiger partial charge in [-0.1, -0.05) is 47.5 Å². The molecule has 0 aliphatic rings. The van der Waals surface area contributed by atoms with E-state index in [9.17, 15) is 0 Å². The second-order valence-corrected chi connectivity index (χ2v) is 5.93. The van der Waals surface area contributed by atoms with Gasteiger partial charge in [-0.15, -0.1) is 0 Å². The van der Waals surface area contributed by atoms with Crippen LogP contribution in [0.15, 0.2) is 28.7 Å². The molecule has 1 unspecified atom stereocenters. The molecule has 1 atom stereocenters. The van der Waals surface area contributed by atoms with E-state index < -0.39 is 0 Å². The number of aryl methyl sites for hydroxylation is 2. The number of fused-ring (bicyclic) bond motifs is 1. The minimum atomic E-state index is 0.613. The van der Waals surface area contributed by atoms with Crippen LogP contribution in [0.5, 0.6) is 0 Å². The van der Waals surface area contributed by atoms with E-state index in [2.05, 4.69) is 54.0 Å². The molecule has 0 amide bonds. The molecule has 92 valence electrons. The smallest absolute Gasteiger partial charge is 0.137 e. The van der Waals surface area contributed by atoms with Crippen LogP contribution in [0.1, 0.15) is 37.5 Å². The first-order valence-corrected chi connectivity index (χ1v) is 7.24. The van der Waals surface area contributed by atoms with Gasteiger partial charge in [0.15, 0.2) is 0 Å². The summed E-state index contributed by atoms with van der Waals surface area (Å²) >= 11 is 3.71. The maximum atomic E-state index is 5.91. The molecule has 1 heterocycles. The molecule has 0 bridgehead atoms. The minimum Gasteiger partial charge on any atom is -0.461 e. The van der Waals surface area contributed by atoms with Crippen molar-refractivity contribution in [2.75, 3.05) is 0 Å². The molecular formula is C15H19BrO. The highest BCUT2D eigenvalue weighted by atomic mass is 79.9. The standard InChI is InChI=1S/C15H19BrO/c1-3-5-13(16)8-9-14-10-12-7-4-6-11(2)15(12)17-14/h4,6-7,10,13H,3,5,8-9H2,1-2H3. The molecule has 0 saturated heterocycles. The van der Waals surface area contributed by atoms with Gasteiger partial charge in [0.05, 0.1) is 0 Å². The fraction of sp³-hybridized carbons (Fsp3) is 0.467. The van der Waals surface area contributed by atoms with Crippen LogP contribution >= 0.6 is 15.9 Å². The molecule has 17 heavy (non-hydrogen) atoms. The third-order valence-corrected chi connectivity index (χ3v) is 4.01. The third-order valence-electron chi connectivity index (χ3n) is 3.10. The number of rotatable bonds is 5. The normalized spacial score (nSPS) is 13.1. The summed E-state index contributed by atoms with van der Waals surface area (Å²) in [7, 11) is 0. The van der Waals surface area contributed by atoms with E-state index in [1.54, 1.807) is 0 Å². The molecule has 0 radical (unpaired) electrons. The Kier molecular flexibility index (Phi) is 4.27. The predicted octanol–water partition coefficient (Wildman–Crippen LogP) is 5.24. The van der Waals surface area contributed by atoms with Crippen molar-refractivity contribution >= 4 is 26.9 Å². The maximum Gasteiger partial charge on any atom is 0.137 e. The van der Waals surface area contributed by atoms with Gasteiger partial charge in [0.25, 0.3) is 0 Å². The van der Waals surface area contributed by atoms with Crippen LogP contribution in [0, 0.1) is 6.92 Å². The number of furan rings is 1. The lowest BCUT2D eigenvalue weighted by molar-refractivity contribution is 0.530. The Bertz CT molecular complexity index is 487. The van der Waals surface area contributed by atoms with Crippen LogP contribution in [-0.4, -0.2) is 4.83 Å². The summed E-state index contributed by atoms with van der Waals surface area (Å²) in [4.78, 5) is 0.613. The molecule has 0 aliphatic carbocycles. The zero-order valence-corrected chi connectivity index (χ0v) is 12.1. The van der Waals surface area contributed by atoms with Gasteiger partial charge >= 0.3 is 0 Å². The summed E-state index contributed by atoms with van der Waals surface area (Å²) in [5.74, 6) is 1.11. The van der Waals surface area contributed by atoms with E-state index in [-0.39, 0.29) is 0 Å². The van der Waals surface area contributed by atoms with E-state index in [1.807, 2.05) is 0 Å². The van der Waals surface area contributed by atoms with Crippen molar-refractivity contribution in [2.45, 2.75) is 44.4 Å². The maximum absolute atomic E-state index is 5.91. The molecule has 0 aliphatic heterocycles. The number of hydrogen-bond donors (Lipinski definition) is 0. The van der Waals surface area contributed by atoms with Gasteiger partial charge in [-0.05, 0) is 31.4 Å². The van der Waals surface area contributed by atoms with Crippen LogP contribution in [0.2, 0.25) is 0 Å². The first kappa shape index (κ1) is 12.7. The number of para-hydroxylation sites is 1. The largest absolute Gasteiger partial charge is 0.461 e. The Morgan fingerprint density at radius 2 is 2.12 bits per heavy atom. The van der Waals surface area contributed by atoms with Crippen molar-refractivity contribution in [3.8, 4) is 0 Å². The Balaban J connectivity index is 2.07. The molecule has 2 aromatic rings. The van der Waals surface area contributed by atoms with E-state index in [0.29, 0.717) is 4.83 Å². The average molecular weight is 295 g/mol. The van der Waals surface area contributed by atoms with Gasteiger partial charge in [-0.25, -0.2) is 0 Å². The zero-order valence-electron chi connectivity index (χ0n) is 10.5. The monoisotopic (exact) mass is 294 g/mol. The lowest BCUT2D eigenvalue weighted by Crippen LogP contribution is -1.98. The average Bonchev–Trinajstić information content (AvgIpc) is 2.71. The summed E-state index contributed by atoms with van der Waals surface area (Å²) in [6.07, 6.45) is 4.63. The first-order valence-electron chi connectivity index (χ1n) is 6.32. The summed E-state index contributed by atoms with van der Waals surface area (Å²) in [5.41, 5.74) is 2.27. The number of alkyl halides is 1. The van der Waals surface area contributed by atoms with Gasteiger partial charge in [-0.3, -0.25) is 0 Å². The highest BCUT2D eigenvalue weighted by molar-refractivity contribution is 9.09. The van der Waals surface area contributed by atoms with Gasteiger partial charge in [0, 0.05) is 16.6 Å². The van der Waals surface area contributed by atoms with E-state index in [0.717, 1.165) is 24.2 Å². The fourth-order valence-corrected chi connectivity index (χ4v) is 2.83. The molecular weight excluding hydrogens is 276 g/mol. The second-order valence-electron chi connectivity index (χ2n) is 4.63. The quantitative estimate of drug-likeness (QED) is 0.688. The molecule has 1 aromatic carbocycles. The summed E-state index contributed by atoms with van der Waals surface area (Å²) in [6.45, 7) is 4.32. The van der Waals surface area contributed by atoms with E-state index >= 15 is 0 Å². The Morgan fingerprint density at radius 3 is 2.82 bits per heavy atom. The Labute approximate surface area is 111 Å². The van der Waals surface area contributed by atoms with E-state index in [4.69, 9.17) is 4.42 Å². The molecule has 0 spiro atoms. The van der Waals surface area contributed by atoms with Gasteiger partial charge in [0.2, 0.25) is 0 Å². The van der Waals surface area contributed by atoms with Crippen LogP contribution in [-0.2, 0) is 6.42 Å². The molecule has 1 aromatic heterocycles. The molecule has 0 fully saturated rings. The molecule has 0 N–H and O–H groups in total. The summed E-state index contributed by atoms with van der Waals surface area (Å²) in [6, 6.07) is 8.47. The SMILES string of the molecule is CCCC(Br)CCc1cc2cccc(C)c2o1. The lowest BCUT2D eigenvalue weighted by Gasteiger charge is -2.05. The van der Waals surface area contributed by atoms with E-state index in [1.165, 1.54) is 23.8 Å². The molecule has 2 rings (SSSR count). The predicted molar refractivity (Wildman–Crippen MR) is 76.9 cm³/mol. The van der Waals surface area contributed by atoms with Gasteiger partial charge < -0.3 is 4.42 Å². The molecule has 2 heteroatoms. The molecule has 0 saturated carbocycles. The van der Waals surface area contributed by atoms with Crippen molar-refractivity contribution in [1.29, 1.82) is 0 Å². The van der Waals surface area contributed by atoms with Gasteiger partial charge in [0.1, 0.15) is 11.3 Å². The van der Waals surface area contributed by atoms with Crippen molar-refractivity contribution < 1.29 is 4.42 Å². The van der Waals surface area contributed by atoms with Crippen LogP contribution in [0.3, 0.4) is 0 Å². The van der Waals surface area contributed by atoms with Crippen LogP contribution in [0.4, 0.5) is 0 Å². The van der Waals surface area contributed by atoms with Crippen LogP contribution in [0.25, 0.3) is 11.0 Å². The Hall–Kier alpha value is -0.760.